The number of carbonyl (C=O) groups is 1. The van der Waals surface area contributed by atoms with Crippen molar-refractivity contribution >= 4 is 17.4 Å². The number of aliphatic hydroxyl groups is 1. The molecule has 0 saturated carbocycles. The molecule has 0 aromatic carbocycles. The Hall–Kier alpha value is -1.05. The molecule has 0 radical (unpaired) electrons. The molecule has 1 aliphatic heterocycles. The first-order chi connectivity index (χ1) is 8.02. The highest BCUT2D eigenvalue weighted by molar-refractivity contribution is 7.03. The summed E-state index contributed by atoms with van der Waals surface area (Å²) in [6.07, 6.45) is -0.339. The Bertz CT molecular complexity index is 394. The highest BCUT2D eigenvalue weighted by Crippen LogP contribution is 2.22. The molecule has 17 heavy (non-hydrogen) atoms. The maximum absolute atomic E-state index is 12.1. The van der Waals surface area contributed by atoms with Crippen molar-refractivity contribution in [2.24, 2.45) is 0 Å². The summed E-state index contributed by atoms with van der Waals surface area (Å²) in [6.45, 7) is 4.57. The zero-order chi connectivity index (χ0) is 12.5. The third-order valence-corrected chi connectivity index (χ3v) is 3.06. The molecule has 1 saturated heterocycles. The van der Waals surface area contributed by atoms with E-state index < -0.39 is 5.60 Å². The van der Waals surface area contributed by atoms with Crippen LogP contribution >= 0.6 is 11.5 Å². The van der Waals surface area contributed by atoms with Crippen molar-refractivity contribution in [3.63, 3.8) is 0 Å². The normalized spacial score (nSPS) is 23.7. The number of hydrogen-bond donors (Lipinski definition) is 1. The molecule has 1 unspecified atom stereocenters. The molecule has 7 heteroatoms. The van der Waals surface area contributed by atoms with Crippen LogP contribution < -0.4 is 0 Å². The van der Waals surface area contributed by atoms with E-state index in [9.17, 15) is 4.79 Å². The number of rotatable bonds is 2. The molecule has 2 heterocycles. The van der Waals surface area contributed by atoms with E-state index in [4.69, 9.17) is 9.84 Å². The summed E-state index contributed by atoms with van der Waals surface area (Å²) in [6, 6.07) is 0. The quantitative estimate of drug-likeness (QED) is 0.816. The first-order valence-electron chi connectivity index (χ1n) is 5.37. The summed E-state index contributed by atoms with van der Waals surface area (Å²) < 4.78 is 9.32. The van der Waals surface area contributed by atoms with E-state index in [2.05, 4.69) is 9.59 Å². The average molecular weight is 257 g/mol. The third kappa shape index (κ3) is 2.80. The molecule has 1 atom stereocenters. The molecule has 1 aromatic heterocycles. The SMILES string of the molecule is CC1(C)CN(C(=O)c2csnn2)CC(CO)O1. The minimum absolute atomic E-state index is 0.0947. The summed E-state index contributed by atoms with van der Waals surface area (Å²) in [5.41, 5.74) is -0.102. The van der Waals surface area contributed by atoms with Crippen molar-refractivity contribution in [3.05, 3.63) is 11.1 Å². The minimum Gasteiger partial charge on any atom is -0.394 e. The molecule has 1 aliphatic rings. The van der Waals surface area contributed by atoms with Crippen molar-refractivity contribution in [2.75, 3.05) is 19.7 Å². The first kappa shape index (κ1) is 12.4. The van der Waals surface area contributed by atoms with Gasteiger partial charge in [-0.25, -0.2) is 0 Å². The van der Waals surface area contributed by atoms with E-state index in [0.29, 0.717) is 18.8 Å². The predicted octanol–water partition coefficient (Wildman–Crippen LogP) is 0.150. The lowest BCUT2D eigenvalue weighted by atomic mass is 10.1. The first-order valence-corrected chi connectivity index (χ1v) is 6.20. The highest BCUT2D eigenvalue weighted by Gasteiger charge is 2.36. The van der Waals surface area contributed by atoms with Crippen LogP contribution in [0.5, 0.6) is 0 Å². The monoisotopic (exact) mass is 257 g/mol. The average Bonchev–Trinajstić information content (AvgIpc) is 2.79. The fourth-order valence-electron chi connectivity index (χ4n) is 1.97. The van der Waals surface area contributed by atoms with Gasteiger partial charge in [-0.15, -0.1) is 5.10 Å². The van der Waals surface area contributed by atoms with Gasteiger partial charge in [-0.3, -0.25) is 4.79 Å². The molecule has 2 rings (SSSR count). The molecule has 1 amide bonds. The second-order valence-electron chi connectivity index (χ2n) is 4.66. The Kier molecular flexibility index (Phi) is 3.41. The molecule has 1 aromatic rings. The lowest BCUT2D eigenvalue weighted by Crippen LogP contribution is -2.55. The van der Waals surface area contributed by atoms with Crippen molar-refractivity contribution in [1.29, 1.82) is 0 Å². The summed E-state index contributed by atoms with van der Waals surface area (Å²) in [5.74, 6) is -0.159. The van der Waals surface area contributed by atoms with Crippen LogP contribution in [0.1, 0.15) is 24.3 Å². The zero-order valence-electron chi connectivity index (χ0n) is 9.79. The maximum atomic E-state index is 12.1. The molecule has 0 aliphatic carbocycles. The van der Waals surface area contributed by atoms with Gasteiger partial charge in [0.15, 0.2) is 5.69 Å². The van der Waals surface area contributed by atoms with Gasteiger partial charge in [0.05, 0.1) is 18.3 Å². The van der Waals surface area contributed by atoms with Gasteiger partial charge in [-0.1, -0.05) is 4.49 Å². The molecule has 1 fully saturated rings. The molecule has 94 valence electrons. The largest absolute Gasteiger partial charge is 0.394 e. The van der Waals surface area contributed by atoms with Gasteiger partial charge in [-0.2, -0.15) is 0 Å². The Morgan fingerprint density at radius 3 is 3.12 bits per heavy atom. The van der Waals surface area contributed by atoms with E-state index in [-0.39, 0.29) is 18.6 Å². The molecule has 1 N–H and O–H groups in total. The van der Waals surface area contributed by atoms with Crippen LogP contribution in [-0.2, 0) is 4.74 Å². The van der Waals surface area contributed by atoms with E-state index in [0.717, 1.165) is 11.5 Å². The Balaban J connectivity index is 2.12. The minimum atomic E-state index is -0.454. The number of aromatic nitrogens is 2. The molecular formula is C10H15N3O3S. The number of aliphatic hydroxyl groups excluding tert-OH is 1. The number of ether oxygens (including phenoxy) is 1. The van der Waals surface area contributed by atoms with Crippen LogP contribution in [0.2, 0.25) is 0 Å². The maximum Gasteiger partial charge on any atom is 0.275 e. The predicted molar refractivity (Wildman–Crippen MR) is 61.9 cm³/mol. The van der Waals surface area contributed by atoms with Gasteiger partial charge in [0.25, 0.3) is 5.91 Å². The van der Waals surface area contributed by atoms with Gasteiger partial charge in [-0.05, 0) is 25.4 Å². The lowest BCUT2D eigenvalue weighted by molar-refractivity contribution is -0.139. The standard InChI is InChI=1S/C10H15N3O3S/c1-10(2)6-13(3-7(4-14)16-10)9(15)8-5-17-12-11-8/h5,7,14H,3-4,6H2,1-2H3. The number of nitrogens with zero attached hydrogens (tertiary/aromatic N) is 3. The number of carbonyl (C=O) groups excluding carboxylic acids is 1. The van der Waals surface area contributed by atoms with Crippen molar-refractivity contribution < 1.29 is 14.6 Å². The second kappa shape index (κ2) is 4.67. The number of morpholine rings is 1. The van der Waals surface area contributed by atoms with Crippen LogP contribution in [-0.4, -0.2) is 56.9 Å². The van der Waals surface area contributed by atoms with Gasteiger partial charge in [0, 0.05) is 18.5 Å². The smallest absolute Gasteiger partial charge is 0.275 e. The molecule has 0 bridgehead atoms. The fourth-order valence-corrected chi connectivity index (χ4v) is 2.40. The lowest BCUT2D eigenvalue weighted by Gasteiger charge is -2.41. The molecule has 0 spiro atoms. The van der Waals surface area contributed by atoms with Crippen molar-refractivity contribution in [1.82, 2.24) is 14.5 Å². The van der Waals surface area contributed by atoms with Crippen LogP contribution in [0.15, 0.2) is 5.38 Å². The topological polar surface area (TPSA) is 75.6 Å². The van der Waals surface area contributed by atoms with Gasteiger partial charge >= 0.3 is 0 Å². The van der Waals surface area contributed by atoms with Crippen molar-refractivity contribution in [3.8, 4) is 0 Å². The van der Waals surface area contributed by atoms with Crippen LogP contribution in [0.25, 0.3) is 0 Å². The van der Waals surface area contributed by atoms with Crippen LogP contribution in [0.4, 0.5) is 0 Å². The summed E-state index contributed by atoms with van der Waals surface area (Å²) in [5, 5.41) is 14.6. The van der Waals surface area contributed by atoms with Crippen LogP contribution in [0.3, 0.4) is 0 Å². The van der Waals surface area contributed by atoms with Gasteiger partial charge < -0.3 is 14.7 Å². The van der Waals surface area contributed by atoms with E-state index in [1.807, 2.05) is 13.8 Å². The fraction of sp³-hybridized carbons (Fsp3) is 0.700. The highest BCUT2D eigenvalue weighted by atomic mass is 32.1. The number of amides is 1. The van der Waals surface area contributed by atoms with Crippen LogP contribution in [0, 0.1) is 0 Å². The Morgan fingerprint density at radius 1 is 1.76 bits per heavy atom. The molecular weight excluding hydrogens is 242 g/mol. The summed E-state index contributed by atoms with van der Waals surface area (Å²) in [7, 11) is 0. The summed E-state index contributed by atoms with van der Waals surface area (Å²) >= 11 is 1.15. The number of hydrogen-bond acceptors (Lipinski definition) is 6. The summed E-state index contributed by atoms with van der Waals surface area (Å²) in [4.78, 5) is 13.8. The van der Waals surface area contributed by atoms with E-state index in [1.165, 1.54) is 0 Å². The van der Waals surface area contributed by atoms with E-state index >= 15 is 0 Å². The second-order valence-corrected chi connectivity index (χ2v) is 5.27. The van der Waals surface area contributed by atoms with E-state index in [1.54, 1.807) is 10.3 Å². The Morgan fingerprint density at radius 2 is 2.53 bits per heavy atom. The Labute approximate surface area is 103 Å². The van der Waals surface area contributed by atoms with Crippen molar-refractivity contribution in [2.45, 2.75) is 25.6 Å². The third-order valence-electron chi connectivity index (χ3n) is 2.55. The van der Waals surface area contributed by atoms with Gasteiger partial charge in [0.1, 0.15) is 0 Å². The molecule has 6 nitrogen and oxygen atoms in total. The zero-order valence-corrected chi connectivity index (χ0v) is 10.6. The van der Waals surface area contributed by atoms with Gasteiger partial charge in [0.2, 0.25) is 0 Å².